The van der Waals surface area contributed by atoms with Gasteiger partial charge < -0.3 is 4.90 Å². The van der Waals surface area contributed by atoms with Crippen LogP contribution in [0.3, 0.4) is 0 Å². The lowest BCUT2D eigenvalue weighted by atomic mass is 9.68. The molecule has 3 heterocycles. The lowest BCUT2D eigenvalue weighted by molar-refractivity contribution is -0.131. The van der Waals surface area contributed by atoms with Crippen molar-refractivity contribution >= 4 is 23.1 Å². The second-order valence-corrected chi connectivity index (χ2v) is 9.83. The molecule has 7 heteroatoms. The Bertz CT molecular complexity index is 1220. The largest absolute Gasteiger partial charge is 0.303 e. The van der Waals surface area contributed by atoms with Gasteiger partial charge in [0.05, 0.1) is 16.4 Å². The average molecular weight is 444 g/mol. The first-order chi connectivity index (χ1) is 15.2. The summed E-state index contributed by atoms with van der Waals surface area (Å²) in [5, 5.41) is 18.4. The fraction of sp³-hybridized carbons (Fsp3) is 0.320. The SMILES string of the molecule is CC(C)c1ccc([C@@H]2C(=O)N(C)C(=N)C[C@]2(C)c2ncc(-c3cncc(C#N)c3)s2)cc1. The molecule has 0 spiro atoms. The Labute approximate surface area is 192 Å². The number of likely N-dealkylation sites (tertiary alicyclic amines) is 1. The molecular formula is C25H25N5OS. The first-order valence-corrected chi connectivity index (χ1v) is 11.3. The number of piperidine rings is 1. The lowest BCUT2D eigenvalue weighted by Gasteiger charge is -2.43. The van der Waals surface area contributed by atoms with Gasteiger partial charge in [0, 0.05) is 43.0 Å². The summed E-state index contributed by atoms with van der Waals surface area (Å²) in [6.07, 6.45) is 5.43. The van der Waals surface area contributed by atoms with E-state index in [1.165, 1.54) is 28.0 Å². The number of benzene rings is 1. The van der Waals surface area contributed by atoms with Crippen molar-refractivity contribution in [3.05, 3.63) is 70.6 Å². The number of thiazole rings is 1. The van der Waals surface area contributed by atoms with Gasteiger partial charge in [0.2, 0.25) is 5.91 Å². The van der Waals surface area contributed by atoms with E-state index in [-0.39, 0.29) is 11.7 Å². The number of hydrogen-bond donors (Lipinski definition) is 1. The number of carbonyl (C=O) groups is 1. The number of nitrogens with one attached hydrogen (secondary N) is 1. The number of amides is 1. The summed E-state index contributed by atoms with van der Waals surface area (Å²) in [5.74, 6) is 0.168. The average Bonchev–Trinajstić information content (AvgIpc) is 3.29. The number of nitriles is 1. The highest BCUT2D eigenvalue weighted by atomic mass is 32.1. The van der Waals surface area contributed by atoms with E-state index in [0.717, 1.165) is 21.0 Å². The molecule has 4 rings (SSSR count). The lowest BCUT2D eigenvalue weighted by Crippen LogP contribution is -2.52. The van der Waals surface area contributed by atoms with Crippen LogP contribution in [-0.2, 0) is 10.2 Å². The zero-order chi connectivity index (χ0) is 23.0. The Morgan fingerprint density at radius 1 is 1.25 bits per heavy atom. The third kappa shape index (κ3) is 3.71. The van der Waals surface area contributed by atoms with Crippen LogP contribution in [0.4, 0.5) is 0 Å². The molecule has 2 atom stereocenters. The second-order valence-electron chi connectivity index (χ2n) is 8.80. The molecule has 3 aromatic rings. The van der Waals surface area contributed by atoms with Gasteiger partial charge in [-0.2, -0.15) is 5.26 Å². The van der Waals surface area contributed by atoms with Crippen molar-refractivity contribution in [1.82, 2.24) is 14.9 Å². The van der Waals surface area contributed by atoms with Gasteiger partial charge in [0.25, 0.3) is 0 Å². The van der Waals surface area contributed by atoms with E-state index in [9.17, 15) is 10.1 Å². The first-order valence-electron chi connectivity index (χ1n) is 10.5. The molecule has 0 unspecified atom stereocenters. The fourth-order valence-electron chi connectivity index (χ4n) is 4.26. The number of amidine groups is 1. The van der Waals surface area contributed by atoms with Crippen LogP contribution in [-0.4, -0.2) is 33.7 Å². The van der Waals surface area contributed by atoms with E-state index in [1.54, 1.807) is 25.5 Å². The van der Waals surface area contributed by atoms with Crippen molar-refractivity contribution < 1.29 is 4.79 Å². The van der Waals surface area contributed by atoms with Crippen LogP contribution in [0.2, 0.25) is 0 Å². The van der Waals surface area contributed by atoms with Crippen LogP contribution in [0, 0.1) is 16.7 Å². The van der Waals surface area contributed by atoms with E-state index in [0.29, 0.717) is 17.9 Å². The van der Waals surface area contributed by atoms with E-state index >= 15 is 0 Å². The molecule has 1 aliphatic rings. The quantitative estimate of drug-likeness (QED) is 0.608. The van der Waals surface area contributed by atoms with Crippen molar-refractivity contribution in [1.29, 1.82) is 10.7 Å². The Balaban J connectivity index is 1.79. The minimum atomic E-state index is -0.650. The zero-order valence-corrected chi connectivity index (χ0v) is 19.4. The van der Waals surface area contributed by atoms with Gasteiger partial charge >= 0.3 is 0 Å². The molecule has 0 aliphatic carbocycles. The van der Waals surface area contributed by atoms with Crippen LogP contribution in [0.15, 0.2) is 48.9 Å². The van der Waals surface area contributed by atoms with E-state index in [4.69, 9.17) is 10.4 Å². The summed E-state index contributed by atoms with van der Waals surface area (Å²) >= 11 is 1.49. The molecule has 1 N–H and O–H groups in total. The number of nitrogens with zero attached hydrogens (tertiary/aromatic N) is 4. The van der Waals surface area contributed by atoms with Crippen LogP contribution < -0.4 is 0 Å². The number of aromatic nitrogens is 2. The van der Waals surface area contributed by atoms with E-state index < -0.39 is 11.3 Å². The highest BCUT2D eigenvalue weighted by molar-refractivity contribution is 7.15. The maximum atomic E-state index is 13.4. The van der Waals surface area contributed by atoms with Gasteiger partial charge in [-0.3, -0.25) is 15.2 Å². The van der Waals surface area contributed by atoms with E-state index in [1.807, 2.05) is 19.1 Å². The molecule has 0 saturated carbocycles. The molecule has 0 radical (unpaired) electrons. The van der Waals surface area contributed by atoms with Crippen LogP contribution in [0.5, 0.6) is 0 Å². The topological polar surface area (TPSA) is 93.7 Å². The molecule has 32 heavy (non-hydrogen) atoms. The van der Waals surface area contributed by atoms with Crippen molar-refractivity contribution in [3.63, 3.8) is 0 Å². The Morgan fingerprint density at radius 2 is 1.97 bits per heavy atom. The summed E-state index contributed by atoms with van der Waals surface area (Å²) in [6.45, 7) is 6.32. The zero-order valence-electron chi connectivity index (χ0n) is 18.6. The van der Waals surface area contributed by atoms with Crippen molar-refractivity contribution in [3.8, 4) is 16.5 Å². The fourth-order valence-corrected chi connectivity index (χ4v) is 5.33. The third-order valence-electron chi connectivity index (χ3n) is 6.24. The van der Waals surface area contributed by atoms with Crippen LogP contribution >= 0.6 is 11.3 Å². The number of carbonyl (C=O) groups excluding carboxylic acids is 1. The number of pyridine rings is 1. The van der Waals surface area contributed by atoms with E-state index in [2.05, 4.69) is 37.0 Å². The minimum absolute atomic E-state index is 0.0917. The third-order valence-corrected chi connectivity index (χ3v) is 7.56. The Morgan fingerprint density at radius 3 is 2.62 bits per heavy atom. The molecule has 2 aromatic heterocycles. The number of hydrogen-bond acceptors (Lipinski definition) is 6. The van der Waals surface area contributed by atoms with Crippen LogP contribution in [0.25, 0.3) is 10.4 Å². The summed E-state index contributed by atoms with van der Waals surface area (Å²) in [6, 6.07) is 12.1. The predicted octanol–water partition coefficient (Wildman–Crippen LogP) is 5.08. The molecule has 0 bridgehead atoms. The second kappa shape index (κ2) is 8.29. The minimum Gasteiger partial charge on any atom is -0.303 e. The maximum absolute atomic E-state index is 13.4. The highest BCUT2D eigenvalue weighted by Gasteiger charge is 2.50. The van der Waals surface area contributed by atoms with Gasteiger partial charge in [0.15, 0.2) is 0 Å². The monoisotopic (exact) mass is 443 g/mol. The normalized spacial score (nSPS) is 21.1. The smallest absolute Gasteiger partial charge is 0.236 e. The molecule has 1 amide bonds. The molecule has 1 fully saturated rings. The van der Waals surface area contributed by atoms with Gasteiger partial charge in [-0.05, 0) is 23.1 Å². The number of likely N-dealkylation sites (N-methyl/N-ethyl adjacent to an activating group) is 1. The molecule has 162 valence electrons. The molecule has 1 saturated heterocycles. The van der Waals surface area contributed by atoms with Crippen LogP contribution in [0.1, 0.15) is 60.7 Å². The van der Waals surface area contributed by atoms with Crippen molar-refractivity contribution in [2.45, 2.75) is 44.4 Å². The van der Waals surface area contributed by atoms with Crippen molar-refractivity contribution in [2.75, 3.05) is 7.05 Å². The van der Waals surface area contributed by atoms with Gasteiger partial charge in [-0.15, -0.1) is 11.3 Å². The Hall–Kier alpha value is -3.37. The van der Waals surface area contributed by atoms with Gasteiger partial charge in [-0.1, -0.05) is 45.0 Å². The van der Waals surface area contributed by atoms with Crippen molar-refractivity contribution in [2.24, 2.45) is 0 Å². The Kier molecular flexibility index (Phi) is 5.66. The predicted molar refractivity (Wildman–Crippen MR) is 126 cm³/mol. The molecule has 1 aliphatic heterocycles. The summed E-state index contributed by atoms with van der Waals surface area (Å²) in [5.41, 5.74) is 2.82. The molecular weight excluding hydrogens is 418 g/mol. The highest BCUT2D eigenvalue weighted by Crippen LogP contribution is 2.48. The number of rotatable bonds is 4. The molecule has 6 nitrogen and oxygen atoms in total. The standard InChI is InChI=1S/C25H25N5OS/c1-15(2)17-5-7-18(8-6-17)22-23(31)30(4)21(27)10-25(22,3)24-29-14-20(32-24)19-9-16(11-26)12-28-13-19/h5-9,12-15,22,27H,10H2,1-4H3/t22-,25+/m1/s1. The molecule has 1 aromatic carbocycles. The maximum Gasteiger partial charge on any atom is 0.236 e. The van der Waals surface area contributed by atoms with Gasteiger partial charge in [0.1, 0.15) is 16.9 Å². The summed E-state index contributed by atoms with van der Waals surface area (Å²) in [4.78, 5) is 24.6. The van der Waals surface area contributed by atoms with Gasteiger partial charge in [-0.25, -0.2) is 4.98 Å². The first kappa shape index (κ1) is 21.8. The summed E-state index contributed by atoms with van der Waals surface area (Å²) < 4.78 is 0. The summed E-state index contributed by atoms with van der Waals surface area (Å²) in [7, 11) is 1.67.